The Hall–Kier alpha value is -3.93. The minimum absolute atomic E-state index is 0.0615. The number of methoxy groups -OCH3 is 1. The van der Waals surface area contributed by atoms with Crippen molar-refractivity contribution in [3.63, 3.8) is 0 Å². The number of carbonyl (C=O) groups excluding carboxylic acids is 2. The number of rotatable bonds is 6. The molecule has 2 aromatic heterocycles. The zero-order chi connectivity index (χ0) is 23.7. The van der Waals surface area contributed by atoms with Gasteiger partial charge in [0, 0.05) is 27.3 Å². The molecule has 34 heavy (non-hydrogen) atoms. The van der Waals surface area contributed by atoms with Gasteiger partial charge in [-0.25, -0.2) is 4.98 Å². The highest BCUT2D eigenvalue weighted by molar-refractivity contribution is 8.00. The summed E-state index contributed by atoms with van der Waals surface area (Å²) in [6, 6.07) is 20.4. The van der Waals surface area contributed by atoms with Gasteiger partial charge in [-0.1, -0.05) is 42.1 Å². The maximum Gasteiger partial charge on any atom is 0.234 e. The fourth-order valence-electron chi connectivity index (χ4n) is 3.88. The van der Waals surface area contributed by atoms with Crippen LogP contribution in [0.4, 0.5) is 5.69 Å². The van der Waals surface area contributed by atoms with Gasteiger partial charge in [0.15, 0.2) is 5.78 Å². The van der Waals surface area contributed by atoms with Crippen molar-refractivity contribution in [2.75, 3.05) is 18.2 Å². The second-order valence-corrected chi connectivity index (χ2v) is 9.33. The SMILES string of the molecule is COc1ccc(NC(=O)CSc2nc3c(c(-c4cccs4)c2C#N)C(=O)c2ccccc2-3)cc1. The third kappa shape index (κ3) is 3.85. The topological polar surface area (TPSA) is 92.1 Å². The molecule has 1 aliphatic carbocycles. The van der Waals surface area contributed by atoms with Crippen LogP contribution in [0.5, 0.6) is 5.75 Å². The third-order valence-electron chi connectivity index (χ3n) is 5.41. The summed E-state index contributed by atoms with van der Waals surface area (Å²) in [5.41, 5.74) is 3.87. The van der Waals surface area contributed by atoms with Crippen LogP contribution in [0.3, 0.4) is 0 Å². The Balaban J connectivity index is 1.51. The van der Waals surface area contributed by atoms with Gasteiger partial charge in [0.25, 0.3) is 0 Å². The van der Waals surface area contributed by atoms with E-state index >= 15 is 0 Å². The first-order valence-electron chi connectivity index (χ1n) is 10.3. The van der Waals surface area contributed by atoms with Crippen LogP contribution in [0, 0.1) is 11.3 Å². The molecule has 6 nitrogen and oxygen atoms in total. The smallest absolute Gasteiger partial charge is 0.234 e. The summed E-state index contributed by atoms with van der Waals surface area (Å²) in [6.45, 7) is 0. The second kappa shape index (κ2) is 9.14. The summed E-state index contributed by atoms with van der Waals surface area (Å²) in [6.07, 6.45) is 0. The fourth-order valence-corrected chi connectivity index (χ4v) is 5.45. The van der Waals surface area contributed by atoms with Crippen molar-refractivity contribution in [1.29, 1.82) is 5.26 Å². The number of anilines is 1. The second-order valence-electron chi connectivity index (χ2n) is 7.42. The summed E-state index contributed by atoms with van der Waals surface area (Å²) in [5, 5.41) is 15.2. The van der Waals surface area contributed by atoms with Crippen molar-refractivity contribution in [3.05, 3.63) is 82.7 Å². The van der Waals surface area contributed by atoms with E-state index in [9.17, 15) is 14.9 Å². The van der Waals surface area contributed by atoms with Crippen molar-refractivity contribution in [3.8, 4) is 33.5 Å². The number of nitriles is 1. The number of ketones is 1. The average molecular weight is 484 g/mol. The predicted molar refractivity (Wildman–Crippen MR) is 133 cm³/mol. The number of carbonyl (C=O) groups is 2. The average Bonchev–Trinajstić information content (AvgIpc) is 3.50. The monoisotopic (exact) mass is 483 g/mol. The molecule has 0 atom stereocenters. The number of fused-ring (bicyclic) bond motifs is 3. The number of amides is 1. The third-order valence-corrected chi connectivity index (χ3v) is 7.27. The molecule has 0 saturated carbocycles. The van der Waals surface area contributed by atoms with Gasteiger partial charge in [0.2, 0.25) is 5.91 Å². The van der Waals surface area contributed by atoms with Gasteiger partial charge in [-0.2, -0.15) is 5.26 Å². The molecule has 0 aliphatic heterocycles. The first kappa shape index (κ1) is 21.9. The fraction of sp³-hybridized carbons (Fsp3) is 0.0769. The maximum absolute atomic E-state index is 13.3. The van der Waals surface area contributed by atoms with Crippen LogP contribution in [0.1, 0.15) is 21.5 Å². The van der Waals surface area contributed by atoms with Gasteiger partial charge >= 0.3 is 0 Å². The highest BCUT2D eigenvalue weighted by Crippen LogP contribution is 2.45. The Labute approximate surface area is 204 Å². The minimum atomic E-state index is -0.226. The molecule has 0 radical (unpaired) electrons. The molecule has 5 rings (SSSR count). The van der Waals surface area contributed by atoms with Gasteiger partial charge in [-0.15, -0.1) is 11.3 Å². The number of thioether (sulfide) groups is 1. The van der Waals surface area contributed by atoms with E-state index in [2.05, 4.69) is 11.4 Å². The number of hydrogen-bond donors (Lipinski definition) is 1. The Morgan fingerprint density at radius 1 is 1.09 bits per heavy atom. The number of aromatic nitrogens is 1. The lowest BCUT2D eigenvalue weighted by Gasteiger charge is -2.13. The summed E-state index contributed by atoms with van der Waals surface area (Å²) >= 11 is 2.64. The molecular weight excluding hydrogens is 466 g/mol. The van der Waals surface area contributed by atoms with E-state index in [-0.39, 0.29) is 17.4 Å². The molecule has 0 bridgehead atoms. The Morgan fingerprint density at radius 2 is 1.85 bits per heavy atom. The van der Waals surface area contributed by atoms with Gasteiger partial charge in [-0.3, -0.25) is 9.59 Å². The Kier molecular flexibility index (Phi) is 5.88. The Morgan fingerprint density at radius 3 is 2.53 bits per heavy atom. The van der Waals surface area contributed by atoms with Crippen LogP contribution in [0.2, 0.25) is 0 Å². The van der Waals surface area contributed by atoms with Crippen LogP contribution in [-0.2, 0) is 4.79 Å². The van der Waals surface area contributed by atoms with Gasteiger partial charge in [0.05, 0.1) is 29.7 Å². The predicted octanol–water partition coefficient (Wildman–Crippen LogP) is 5.63. The number of pyridine rings is 1. The van der Waals surface area contributed by atoms with Crippen molar-refractivity contribution in [1.82, 2.24) is 4.98 Å². The molecule has 2 heterocycles. The quantitative estimate of drug-likeness (QED) is 0.315. The lowest BCUT2D eigenvalue weighted by atomic mass is 9.99. The molecule has 0 fully saturated rings. The first-order valence-corrected chi connectivity index (χ1v) is 12.2. The summed E-state index contributed by atoms with van der Waals surface area (Å²) in [4.78, 5) is 31.4. The van der Waals surface area contributed by atoms with Gasteiger partial charge in [-0.05, 0) is 35.7 Å². The maximum atomic E-state index is 13.3. The molecule has 1 aliphatic rings. The number of nitrogens with zero attached hydrogens (tertiary/aromatic N) is 2. The summed E-state index contributed by atoms with van der Waals surface area (Å²) < 4.78 is 5.14. The molecule has 0 unspecified atom stereocenters. The van der Waals surface area contributed by atoms with E-state index in [1.165, 1.54) is 23.1 Å². The largest absolute Gasteiger partial charge is 0.497 e. The zero-order valence-electron chi connectivity index (χ0n) is 18.0. The molecular formula is C26H17N3O3S2. The molecule has 2 aromatic carbocycles. The molecule has 0 saturated heterocycles. The molecule has 1 amide bonds. The summed E-state index contributed by atoms with van der Waals surface area (Å²) in [7, 11) is 1.58. The van der Waals surface area contributed by atoms with E-state index in [4.69, 9.17) is 9.72 Å². The number of ether oxygens (including phenoxy) is 1. The van der Waals surface area contributed by atoms with E-state index in [0.717, 1.165) is 10.4 Å². The molecule has 8 heteroatoms. The van der Waals surface area contributed by atoms with E-state index in [1.807, 2.05) is 35.7 Å². The highest BCUT2D eigenvalue weighted by atomic mass is 32.2. The van der Waals surface area contributed by atoms with Gasteiger partial charge < -0.3 is 10.1 Å². The standard InChI is InChI=1S/C26H17N3O3S2/c1-32-16-10-8-15(9-11-16)28-21(30)14-34-26-19(13-27)22(20-7-4-12-33-20)23-24(29-26)17-5-2-3-6-18(17)25(23)31/h2-12H,14H2,1H3,(H,28,30). The zero-order valence-corrected chi connectivity index (χ0v) is 19.6. The first-order chi connectivity index (χ1) is 16.6. The highest BCUT2D eigenvalue weighted by Gasteiger charge is 2.34. The number of nitrogens with one attached hydrogen (secondary N) is 1. The van der Waals surface area contributed by atoms with Crippen molar-refractivity contribution >= 4 is 40.5 Å². The van der Waals surface area contributed by atoms with Crippen LogP contribution >= 0.6 is 23.1 Å². The van der Waals surface area contributed by atoms with Crippen LogP contribution < -0.4 is 10.1 Å². The van der Waals surface area contributed by atoms with Crippen LogP contribution in [0.15, 0.2) is 71.1 Å². The van der Waals surface area contributed by atoms with E-state index in [0.29, 0.717) is 44.4 Å². The van der Waals surface area contributed by atoms with Crippen molar-refractivity contribution in [2.24, 2.45) is 0 Å². The molecule has 0 spiro atoms. The molecule has 166 valence electrons. The lowest BCUT2D eigenvalue weighted by Crippen LogP contribution is -2.14. The van der Waals surface area contributed by atoms with E-state index < -0.39 is 0 Å². The molecule has 4 aromatic rings. The van der Waals surface area contributed by atoms with Crippen molar-refractivity contribution in [2.45, 2.75) is 5.03 Å². The van der Waals surface area contributed by atoms with Crippen LogP contribution in [0.25, 0.3) is 21.7 Å². The normalized spacial score (nSPS) is 11.5. The van der Waals surface area contributed by atoms with Crippen molar-refractivity contribution < 1.29 is 14.3 Å². The number of hydrogen-bond acceptors (Lipinski definition) is 7. The van der Waals surface area contributed by atoms with Crippen LogP contribution in [-0.4, -0.2) is 29.5 Å². The minimum Gasteiger partial charge on any atom is -0.497 e. The van der Waals surface area contributed by atoms with Gasteiger partial charge in [0.1, 0.15) is 16.8 Å². The lowest BCUT2D eigenvalue weighted by molar-refractivity contribution is -0.113. The molecule has 1 N–H and O–H groups in total. The Bertz CT molecular complexity index is 1460. The summed E-state index contributed by atoms with van der Waals surface area (Å²) in [5.74, 6) is 0.401. The van der Waals surface area contributed by atoms with E-state index in [1.54, 1.807) is 37.4 Å². The number of benzene rings is 2. The number of thiophene rings is 1.